The highest BCUT2D eigenvalue weighted by Crippen LogP contribution is 2.46. The highest BCUT2D eigenvalue weighted by Gasteiger charge is 2.33. The van der Waals surface area contributed by atoms with Crippen molar-refractivity contribution in [1.29, 1.82) is 0 Å². The molecule has 2 aliphatic heterocycles. The number of piperidine rings is 1. The van der Waals surface area contributed by atoms with Gasteiger partial charge in [-0.1, -0.05) is 32.0 Å². The van der Waals surface area contributed by atoms with E-state index in [1.54, 1.807) is 11.1 Å². The zero-order valence-electron chi connectivity index (χ0n) is 22.2. The number of ether oxygens (including phenoxy) is 1. The van der Waals surface area contributed by atoms with E-state index in [9.17, 15) is 9.59 Å². The number of nitrogens with one attached hydrogen (secondary N) is 3. The zero-order valence-corrected chi connectivity index (χ0v) is 23.0. The van der Waals surface area contributed by atoms with Crippen LogP contribution in [-0.4, -0.2) is 36.1 Å². The average Bonchev–Trinajstić information content (AvgIpc) is 3.30. The molecule has 4 heterocycles. The summed E-state index contributed by atoms with van der Waals surface area (Å²) in [7, 11) is 0. The van der Waals surface area contributed by atoms with Crippen LogP contribution < -0.4 is 25.6 Å². The van der Waals surface area contributed by atoms with Crippen LogP contribution in [0.5, 0.6) is 11.5 Å². The van der Waals surface area contributed by atoms with E-state index >= 15 is 0 Å². The van der Waals surface area contributed by atoms with E-state index < -0.39 is 0 Å². The molecule has 1 unspecified atom stereocenters. The number of anilines is 3. The number of rotatable bonds is 6. The highest BCUT2D eigenvalue weighted by molar-refractivity contribution is 7.21. The number of nitrogens with zero attached hydrogens (tertiary/aromatic N) is 2. The van der Waals surface area contributed by atoms with Crippen molar-refractivity contribution < 1.29 is 14.3 Å². The molecule has 2 aromatic heterocycles. The second kappa shape index (κ2) is 10.3. The minimum Gasteiger partial charge on any atom is -0.457 e. The van der Waals surface area contributed by atoms with E-state index in [-0.39, 0.29) is 18.0 Å². The van der Waals surface area contributed by atoms with Gasteiger partial charge in [-0.2, -0.15) is 0 Å². The maximum absolute atomic E-state index is 13.5. The first-order valence-electron chi connectivity index (χ1n) is 13.3. The topological polar surface area (TPSA) is 95.6 Å². The molecule has 0 bridgehead atoms. The van der Waals surface area contributed by atoms with Gasteiger partial charge in [0.15, 0.2) is 0 Å². The summed E-state index contributed by atoms with van der Waals surface area (Å²) in [6, 6.07) is 15.3. The quantitative estimate of drug-likeness (QED) is 0.253. The third kappa shape index (κ3) is 4.72. The van der Waals surface area contributed by atoms with Crippen molar-refractivity contribution in [1.82, 2.24) is 15.6 Å². The summed E-state index contributed by atoms with van der Waals surface area (Å²) in [5.41, 5.74) is 3.99. The Balaban J connectivity index is 1.33. The standard InChI is InChI=1S/C30H31N5O3S/c1-17(2)21-8-4-5-9-24(21)38-20-10-11-22(18(3)15-20)35-23-12-14-32-29-25(23)26(34-30(35)37)27(39-29)28(36)33-19-7-6-13-31-16-19/h4-5,8-12,14-15,17,19,31H,6-7,13,16H2,1-3H3,(H,33,36)(H,34,37). The molecule has 8 nitrogen and oxygen atoms in total. The Morgan fingerprint density at radius 2 is 2.03 bits per heavy atom. The van der Waals surface area contributed by atoms with Crippen LogP contribution >= 0.6 is 11.3 Å². The van der Waals surface area contributed by atoms with E-state index in [1.165, 1.54) is 11.3 Å². The van der Waals surface area contributed by atoms with Crippen LogP contribution in [0.2, 0.25) is 0 Å². The molecule has 1 fully saturated rings. The first-order chi connectivity index (χ1) is 18.9. The maximum atomic E-state index is 13.5. The number of carbonyl (C=O) groups excluding carboxylic acids is 2. The van der Waals surface area contributed by atoms with Gasteiger partial charge in [0.25, 0.3) is 5.91 Å². The molecule has 4 aromatic rings. The van der Waals surface area contributed by atoms with Crippen molar-refractivity contribution in [2.24, 2.45) is 0 Å². The van der Waals surface area contributed by atoms with Crippen LogP contribution in [0.4, 0.5) is 21.9 Å². The predicted molar refractivity (Wildman–Crippen MR) is 156 cm³/mol. The molecule has 0 aliphatic carbocycles. The van der Waals surface area contributed by atoms with E-state index in [0.717, 1.165) is 53.9 Å². The lowest BCUT2D eigenvalue weighted by molar-refractivity contribution is 0.0935. The molecule has 2 aromatic carbocycles. The van der Waals surface area contributed by atoms with Crippen molar-refractivity contribution in [3.05, 3.63) is 70.7 Å². The maximum Gasteiger partial charge on any atom is 0.331 e. The van der Waals surface area contributed by atoms with E-state index in [1.807, 2.05) is 49.4 Å². The molecular formula is C30H31N5O3S. The summed E-state index contributed by atoms with van der Waals surface area (Å²) in [6.07, 6.45) is 3.64. The molecular weight excluding hydrogens is 510 g/mol. The summed E-state index contributed by atoms with van der Waals surface area (Å²) in [5.74, 6) is 1.68. The number of thiophene rings is 1. The number of pyridine rings is 1. The first kappa shape index (κ1) is 25.3. The summed E-state index contributed by atoms with van der Waals surface area (Å²) in [4.78, 5) is 34.1. The first-order valence-corrected chi connectivity index (χ1v) is 14.1. The van der Waals surface area contributed by atoms with Crippen molar-refractivity contribution in [3.8, 4) is 11.5 Å². The molecule has 0 radical (unpaired) electrons. The average molecular weight is 542 g/mol. The SMILES string of the molecule is Cc1cc(Oc2ccccc2C(C)C)ccc1N1C(=O)Nc2c(C(=O)NC3CCCNC3)sc3nccc1c23. The highest BCUT2D eigenvalue weighted by atomic mass is 32.1. The summed E-state index contributed by atoms with van der Waals surface area (Å²) < 4.78 is 6.25. The van der Waals surface area contributed by atoms with Crippen LogP contribution in [0.25, 0.3) is 10.2 Å². The smallest absolute Gasteiger partial charge is 0.331 e. The molecule has 200 valence electrons. The monoisotopic (exact) mass is 541 g/mol. The Morgan fingerprint density at radius 3 is 2.79 bits per heavy atom. The van der Waals surface area contributed by atoms with Crippen molar-refractivity contribution in [2.75, 3.05) is 23.3 Å². The fourth-order valence-electron chi connectivity index (χ4n) is 5.33. The van der Waals surface area contributed by atoms with Gasteiger partial charge in [-0.25, -0.2) is 9.78 Å². The van der Waals surface area contributed by atoms with Crippen molar-refractivity contribution >= 4 is 50.6 Å². The Morgan fingerprint density at radius 1 is 1.18 bits per heavy atom. The molecule has 1 saturated heterocycles. The second-order valence-electron chi connectivity index (χ2n) is 10.3. The van der Waals surface area contributed by atoms with Gasteiger partial charge in [-0.3, -0.25) is 9.69 Å². The number of benzene rings is 2. The second-order valence-corrected chi connectivity index (χ2v) is 11.3. The van der Waals surface area contributed by atoms with Gasteiger partial charge < -0.3 is 20.7 Å². The Kier molecular flexibility index (Phi) is 6.70. The number of amides is 3. The van der Waals surface area contributed by atoms with Gasteiger partial charge in [0, 0.05) is 18.8 Å². The molecule has 0 spiro atoms. The number of aromatic nitrogens is 1. The molecule has 39 heavy (non-hydrogen) atoms. The summed E-state index contributed by atoms with van der Waals surface area (Å²) in [5, 5.41) is 10.2. The van der Waals surface area contributed by atoms with Gasteiger partial charge in [0.1, 0.15) is 21.2 Å². The number of para-hydroxylation sites is 1. The molecule has 2 aliphatic rings. The molecule has 0 saturated carbocycles. The predicted octanol–water partition coefficient (Wildman–Crippen LogP) is 6.69. The van der Waals surface area contributed by atoms with Gasteiger partial charge >= 0.3 is 6.03 Å². The minimum absolute atomic E-state index is 0.0720. The largest absolute Gasteiger partial charge is 0.457 e. The molecule has 1 atom stereocenters. The fourth-order valence-corrected chi connectivity index (χ4v) is 6.35. The lowest BCUT2D eigenvalue weighted by atomic mass is 10.0. The van der Waals surface area contributed by atoms with Crippen molar-refractivity contribution in [3.63, 3.8) is 0 Å². The summed E-state index contributed by atoms with van der Waals surface area (Å²) in [6.45, 7) is 7.96. The lowest BCUT2D eigenvalue weighted by Gasteiger charge is -2.30. The van der Waals surface area contributed by atoms with Gasteiger partial charge in [0.05, 0.1) is 22.4 Å². The van der Waals surface area contributed by atoms with Crippen LogP contribution in [0.3, 0.4) is 0 Å². The van der Waals surface area contributed by atoms with Gasteiger partial charge in [-0.15, -0.1) is 11.3 Å². The van der Waals surface area contributed by atoms with Crippen LogP contribution in [0.1, 0.15) is 53.4 Å². The van der Waals surface area contributed by atoms with Gasteiger partial charge in [0.2, 0.25) is 0 Å². The Labute approximate surface area is 231 Å². The minimum atomic E-state index is -0.316. The number of carbonyl (C=O) groups is 2. The summed E-state index contributed by atoms with van der Waals surface area (Å²) >= 11 is 1.31. The Hall–Kier alpha value is -3.95. The van der Waals surface area contributed by atoms with Crippen LogP contribution in [-0.2, 0) is 0 Å². The van der Waals surface area contributed by atoms with Crippen LogP contribution in [0, 0.1) is 6.92 Å². The molecule has 9 heteroatoms. The Bertz CT molecular complexity index is 1570. The van der Waals surface area contributed by atoms with Crippen LogP contribution in [0.15, 0.2) is 54.7 Å². The number of hydrogen-bond donors (Lipinski definition) is 3. The van der Waals surface area contributed by atoms with Crippen molar-refractivity contribution in [2.45, 2.75) is 45.6 Å². The normalized spacial score (nSPS) is 16.9. The zero-order chi connectivity index (χ0) is 27.1. The number of hydrogen-bond acceptors (Lipinski definition) is 6. The van der Waals surface area contributed by atoms with E-state index in [2.05, 4.69) is 40.8 Å². The van der Waals surface area contributed by atoms with E-state index in [0.29, 0.717) is 32.7 Å². The fraction of sp³-hybridized carbons (Fsp3) is 0.300. The van der Waals surface area contributed by atoms with E-state index in [4.69, 9.17) is 4.74 Å². The third-order valence-electron chi connectivity index (χ3n) is 7.26. The molecule has 3 N–H and O–H groups in total. The number of aryl methyl sites for hydroxylation is 1. The third-order valence-corrected chi connectivity index (χ3v) is 8.36. The molecule has 6 rings (SSSR count). The number of urea groups is 1. The molecule has 3 amide bonds. The lowest BCUT2D eigenvalue weighted by Crippen LogP contribution is -2.45. The van der Waals surface area contributed by atoms with Gasteiger partial charge in [-0.05, 0) is 73.7 Å².